The molecule has 0 saturated heterocycles. The molecule has 0 bridgehead atoms. The Morgan fingerprint density at radius 3 is 0.846 bits per heavy atom. The highest BCUT2D eigenvalue weighted by atomic mass is 19.4. The van der Waals surface area contributed by atoms with E-state index in [1.807, 2.05) is 0 Å². The van der Waals surface area contributed by atoms with Crippen LogP contribution in [0, 0.1) is 11.8 Å². The van der Waals surface area contributed by atoms with E-state index in [1.165, 1.54) is 0 Å². The van der Waals surface area contributed by atoms with Crippen molar-refractivity contribution in [3.63, 3.8) is 0 Å². The highest BCUT2D eigenvalue weighted by Crippen LogP contribution is 2.59. The van der Waals surface area contributed by atoms with Crippen molar-refractivity contribution in [3.8, 4) is 0 Å². The summed E-state index contributed by atoms with van der Waals surface area (Å²) in [5.41, 5.74) is -13.8. The van der Waals surface area contributed by atoms with Crippen LogP contribution in [0.3, 0.4) is 0 Å². The summed E-state index contributed by atoms with van der Waals surface area (Å²) in [4.78, 5) is 0. The Kier molecular flexibility index (Phi) is 11.9. The zero-order valence-electron chi connectivity index (χ0n) is 20.0. The summed E-state index contributed by atoms with van der Waals surface area (Å²) in [5.74, 6) is -17.6. The summed E-state index contributed by atoms with van der Waals surface area (Å²) in [6.45, 7) is 0.0272. The van der Waals surface area contributed by atoms with Crippen LogP contribution in [0.15, 0.2) is 0 Å². The van der Waals surface area contributed by atoms with Crippen LogP contribution < -0.4 is 0 Å². The van der Waals surface area contributed by atoms with E-state index in [9.17, 15) is 79.0 Å². The number of alkyl halides is 18. The molecule has 2 unspecified atom stereocenters. The second kappa shape index (κ2) is 12.3. The van der Waals surface area contributed by atoms with Gasteiger partial charge in [0.25, 0.3) is 0 Å². The van der Waals surface area contributed by atoms with Crippen molar-refractivity contribution >= 4 is 0 Å². The van der Waals surface area contributed by atoms with Gasteiger partial charge in [-0.25, -0.2) is 26.3 Å². The van der Waals surface area contributed by atoms with Crippen molar-refractivity contribution in [2.45, 2.75) is 100 Å². The molecule has 0 saturated carbocycles. The van der Waals surface area contributed by atoms with Gasteiger partial charge in [-0.1, -0.05) is 13.8 Å². The van der Waals surface area contributed by atoms with Gasteiger partial charge in [-0.2, -0.15) is 52.7 Å². The van der Waals surface area contributed by atoms with Crippen LogP contribution in [0.1, 0.15) is 52.4 Å². The molecule has 0 aliphatic heterocycles. The van der Waals surface area contributed by atoms with Crippen LogP contribution in [0.5, 0.6) is 0 Å². The molecule has 0 spiro atoms. The van der Waals surface area contributed by atoms with Gasteiger partial charge in [0.05, 0.1) is 0 Å². The van der Waals surface area contributed by atoms with Gasteiger partial charge in [0.2, 0.25) is 0 Å². The highest BCUT2D eigenvalue weighted by molar-refractivity contribution is 5.08. The maximum absolute atomic E-state index is 14.1. The second-order valence-corrected chi connectivity index (χ2v) is 8.66. The fourth-order valence-electron chi connectivity index (χ4n) is 3.89. The fourth-order valence-corrected chi connectivity index (χ4v) is 3.89. The summed E-state index contributed by atoms with van der Waals surface area (Å²) in [7, 11) is 0. The molecule has 0 rings (SSSR count). The monoisotopic (exact) mass is 622 g/mol. The summed E-state index contributed by atoms with van der Waals surface area (Å²) < 4.78 is 241. The first-order chi connectivity index (χ1) is 17.1. The Balaban J connectivity index is 5.21. The zero-order valence-corrected chi connectivity index (χ0v) is 20.0. The second-order valence-electron chi connectivity index (χ2n) is 8.66. The lowest BCUT2D eigenvalue weighted by atomic mass is 9.81. The normalized spacial score (nSPS) is 16.9. The number of hydrogen-bond donors (Lipinski definition) is 0. The van der Waals surface area contributed by atoms with Crippen LogP contribution in [0.4, 0.5) is 79.0 Å². The highest BCUT2D eigenvalue weighted by Gasteiger charge is 2.86. The van der Waals surface area contributed by atoms with E-state index in [0.717, 1.165) is 13.8 Å². The Labute approximate surface area is 210 Å². The van der Waals surface area contributed by atoms with Gasteiger partial charge in [0.1, 0.15) is 0 Å². The van der Waals surface area contributed by atoms with Crippen LogP contribution in [-0.4, -0.2) is 61.1 Å². The van der Waals surface area contributed by atoms with Gasteiger partial charge in [-0.15, -0.1) is 0 Å². The Morgan fingerprint density at radius 2 is 0.667 bits per heavy atom. The first-order valence-electron chi connectivity index (χ1n) is 11.1. The van der Waals surface area contributed by atoms with Gasteiger partial charge in [-0.3, -0.25) is 0 Å². The molecule has 0 fully saturated rings. The SMILES string of the molecule is CCC(CCCOCCCC(CC)C(F)(F)C(F)(C(F)(F)F)C(F)(F)F)C(F)(F)C(F)(C(F)(F)F)C(F)(F)F. The number of ether oxygens (including phenoxy) is 1. The predicted molar refractivity (Wildman–Crippen MR) is 98.6 cm³/mol. The summed E-state index contributed by atoms with van der Waals surface area (Å²) >= 11 is 0. The molecule has 0 radical (unpaired) electrons. The van der Waals surface area contributed by atoms with Gasteiger partial charge >= 0.3 is 47.9 Å². The first kappa shape index (κ1) is 37.7. The largest absolute Gasteiger partial charge is 0.437 e. The average molecular weight is 622 g/mol. The predicted octanol–water partition coefficient (Wildman–Crippen LogP) is 9.55. The summed E-state index contributed by atoms with van der Waals surface area (Å²) in [6, 6.07) is 0. The topological polar surface area (TPSA) is 9.23 Å². The lowest BCUT2D eigenvalue weighted by Crippen LogP contribution is -2.66. The molecule has 0 heterocycles. The summed E-state index contributed by atoms with van der Waals surface area (Å²) in [5, 5.41) is 0. The minimum absolute atomic E-state index is 0.719. The average Bonchev–Trinajstić information content (AvgIpc) is 2.73. The van der Waals surface area contributed by atoms with Gasteiger partial charge < -0.3 is 4.74 Å². The standard InChI is InChI=1S/C20H24F18O/c1-3-11(13(21,22)15(25,17(27,28)29)18(30,31)32)7-5-9-39-10-6-8-12(4-2)14(23,24)16(26,19(33,34)35)20(36,37)38/h11-12H,3-10H2,1-2H3. The van der Waals surface area contributed by atoms with Crippen molar-refractivity contribution in [2.24, 2.45) is 11.8 Å². The maximum atomic E-state index is 14.1. The number of halogens is 18. The molecule has 0 aromatic carbocycles. The summed E-state index contributed by atoms with van der Waals surface area (Å²) in [6.07, 6.45) is -34.0. The lowest BCUT2D eigenvalue weighted by molar-refractivity contribution is -0.406. The Morgan fingerprint density at radius 1 is 0.436 bits per heavy atom. The van der Waals surface area contributed by atoms with E-state index in [0.29, 0.717) is 0 Å². The first-order valence-corrected chi connectivity index (χ1v) is 11.1. The third kappa shape index (κ3) is 7.13. The zero-order chi connectivity index (χ0) is 31.5. The van der Waals surface area contributed by atoms with E-state index in [1.54, 1.807) is 0 Å². The molecule has 0 aromatic heterocycles. The lowest BCUT2D eigenvalue weighted by Gasteiger charge is -2.40. The molecule has 0 amide bonds. The third-order valence-electron chi connectivity index (χ3n) is 6.17. The Bertz CT molecular complexity index is 658. The Hall–Kier alpha value is -1.30. The fraction of sp³-hybridized carbons (Fsp3) is 1.00. The number of rotatable bonds is 14. The smallest absolute Gasteiger partial charge is 0.381 e. The van der Waals surface area contributed by atoms with Gasteiger partial charge in [0.15, 0.2) is 0 Å². The molecule has 0 N–H and O–H groups in total. The van der Waals surface area contributed by atoms with Crippen molar-refractivity contribution < 1.29 is 83.8 Å². The molecule has 0 aliphatic carbocycles. The molecule has 19 heteroatoms. The van der Waals surface area contributed by atoms with E-state index >= 15 is 0 Å². The molecule has 1 nitrogen and oxygen atoms in total. The maximum Gasteiger partial charge on any atom is 0.437 e. The van der Waals surface area contributed by atoms with Crippen LogP contribution >= 0.6 is 0 Å². The quantitative estimate of drug-likeness (QED) is 0.139. The van der Waals surface area contributed by atoms with Gasteiger partial charge in [-0.05, 0) is 38.5 Å². The van der Waals surface area contributed by atoms with Crippen molar-refractivity contribution in [3.05, 3.63) is 0 Å². The van der Waals surface area contributed by atoms with Crippen molar-refractivity contribution in [1.82, 2.24) is 0 Å². The van der Waals surface area contributed by atoms with Crippen LogP contribution in [-0.2, 0) is 4.74 Å². The number of hydrogen-bond acceptors (Lipinski definition) is 1. The molecular formula is C20H24F18O. The molecule has 0 aromatic rings. The van der Waals surface area contributed by atoms with E-state index in [4.69, 9.17) is 4.74 Å². The van der Waals surface area contributed by atoms with Gasteiger partial charge in [0, 0.05) is 25.0 Å². The molecule has 236 valence electrons. The van der Waals surface area contributed by atoms with Crippen molar-refractivity contribution in [2.75, 3.05) is 13.2 Å². The van der Waals surface area contributed by atoms with Crippen LogP contribution in [0.2, 0.25) is 0 Å². The van der Waals surface area contributed by atoms with E-state index in [-0.39, 0.29) is 0 Å². The molecule has 39 heavy (non-hydrogen) atoms. The van der Waals surface area contributed by atoms with Crippen LogP contribution in [0.25, 0.3) is 0 Å². The third-order valence-corrected chi connectivity index (χ3v) is 6.17. The molecule has 0 aliphatic rings. The van der Waals surface area contributed by atoms with E-state index in [2.05, 4.69) is 0 Å². The minimum Gasteiger partial charge on any atom is -0.381 e. The van der Waals surface area contributed by atoms with E-state index < -0.39 is 111 Å². The molecular weight excluding hydrogens is 598 g/mol. The molecule has 2 atom stereocenters. The van der Waals surface area contributed by atoms with Crippen molar-refractivity contribution in [1.29, 1.82) is 0 Å². The minimum atomic E-state index is -7.04.